The van der Waals surface area contributed by atoms with Gasteiger partial charge in [-0.1, -0.05) is 0 Å². The first-order valence-electron chi connectivity index (χ1n) is 8.59. The Hall–Kier alpha value is -2.91. The average Bonchev–Trinajstić information content (AvgIpc) is 2.89. The monoisotopic (exact) mass is 381 g/mol. The molecule has 1 N–H and O–H groups in total. The van der Waals surface area contributed by atoms with E-state index in [1.807, 2.05) is 0 Å². The fraction of sp³-hybridized carbons (Fsp3) is 0.471. The van der Waals surface area contributed by atoms with E-state index < -0.39 is 11.5 Å². The lowest BCUT2D eigenvalue weighted by Gasteiger charge is -2.35. The van der Waals surface area contributed by atoms with Crippen molar-refractivity contribution in [2.75, 3.05) is 23.3 Å². The number of benzene rings is 1. The highest BCUT2D eigenvalue weighted by molar-refractivity contribution is 5.60. The largest absolute Gasteiger partial charge is 0.435 e. The first-order chi connectivity index (χ1) is 12.8. The van der Waals surface area contributed by atoms with Crippen LogP contribution >= 0.6 is 0 Å². The second-order valence-electron chi connectivity index (χ2n) is 6.47. The van der Waals surface area contributed by atoms with Gasteiger partial charge in [-0.3, -0.25) is 10.1 Å². The zero-order valence-electron chi connectivity index (χ0n) is 15.1. The molecule has 0 spiro atoms. The number of aryl methyl sites for hydroxylation is 2. The maximum absolute atomic E-state index is 12.3. The molecular formula is C17H21F2N5O3. The van der Waals surface area contributed by atoms with Crippen molar-refractivity contribution in [1.82, 2.24) is 9.78 Å². The molecule has 1 aromatic heterocycles. The number of rotatable bonds is 6. The third kappa shape index (κ3) is 4.26. The second kappa shape index (κ2) is 7.77. The van der Waals surface area contributed by atoms with E-state index in [2.05, 4.69) is 20.1 Å². The minimum absolute atomic E-state index is 0.00393. The summed E-state index contributed by atoms with van der Waals surface area (Å²) < 4.78 is 30.4. The van der Waals surface area contributed by atoms with E-state index in [4.69, 9.17) is 0 Å². The summed E-state index contributed by atoms with van der Waals surface area (Å²) in [6.45, 7) is 0.216. The van der Waals surface area contributed by atoms with Gasteiger partial charge in [0.2, 0.25) is 5.82 Å². The van der Waals surface area contributed by atoms with Crippen LogP contribution < -0.4 is 15.0 Å². The number of nitrogens with zero attached hydrogens (tertiary/aromatic N) is 4. The van der Waals surface area contributed by atoms with Crippen LogP contribution in [0.25, 0.3) is 0 Å². The summed E-state index contributed by atoms with van der Waals surface area (Å²) in [5.41, 5.74) is 1.24. The molecule has 1 unspecified atom stereocenters. The summed E-state index contributed by atoms with van der Waals surface area (Å²) in [4.78, 5) is 13.0. The number of nitro groups is 1. The van der Waals surface area contributed by atoms with E-state index in [1.54, 1.807) is 26.1 Å². The van der Waals surface area contributed by atoms with E-state index >= 15 is 0 Å². The topological polar surface area (TPSA) is 85.5 Å². The van der Waals surface area contributed by atoms with Gasteiger partial charge in [0, 0.05) is 31.9 Å². The van der Waals surface area contributed by atoms with Crippen LogP contribution in [0.5, 0.6) is 5.75 Å². The van der Waals surface area contributed by atoms with Crippen LogP contribution in [0.15, 0.2) is 24.3 Å². The van der Waals surface area contributed by atoms with E-state index in [0.717, 1.165) is 25.1 Å². The van der Waals surface area contributed by atoms with Crippen LogP contribution in [0.4, 0.5) is 26.0 Å². The fourth-order valence-corrected chi connectivity index (χ4v) is 3.39. The highest BCUT2D eigenvalue weighted by atomic mass is 19.3. The lowest BCUT2D eigenvalue weighted by Crippen LogP contribution is -2.42. The number of aromatic nitrogens is 2. The van der Waals surface area contributed by atoms with Gasteiger partial charge in [0.15, 0.2) is 0 Å². The van der Waals surface area contributed by atoms with E-state index in [1.165, 1.54) is 16.8 Å². The Labute approximate surface area is 154 Å². The number of alkyl halides is 2. The van der Waals surface area contributed by atoms with Crippen LogP contribution in [-0.4, -0.2) is 40.4 Å². The van der Waals surface area contributed by atoms with Gasteiger partial charge in [-0.15, -0.1) is 0 Å². The smallest absolute Gasteiger partial charge is 0.387 e. The number of piperidine rings is 1. The van der Waals surface area contributed by atoms with Gasteiger partial charge < -0.3 is 15.0 Å². The average molecular weight is 381 g/mol. The van der Waals surface area contributed by atoms with Crippen molar-refractivity contribution in [3.8, 4) is 5.75 Å². The quantitative estimate of drug-likeness (QED) is 0.610. The van der Waals surface area contributed by atoms with Crippen LogP contribution in [0.2, 0.25) is 0 Å². The van der Waals surface area contributed by atoms with Crippen molar-refractivity contribution in [2.45, 2.75) is 32.4 Å². The molecule has 1 aliphatic heterocycles. The predicted molar refractivity (Wildman–Crippen MR) is 96.5 cm³/mol. The van der Waals surface area contributed by atoms with Crippen LogP contribution in [-0.2, 0) is 7.05 Å². The molecule has 1 atom stereocenters. The standard InChI is InChI=1S/C17H21F2N5O3/c1-11-15(24(25)26)16(22(2)21-11)20-12-4-3-9-23(10-12)13-5-7-14(8-6-13)27-17(18)19/h5-8,12,17,20H,3-4,9-10H2,1-2H3. The summed E-state index contributed by atoms with van der Waals surface area (Å²) in [7, 11) is 1.67. The molecule has 27 heavy (non-hydrogen) atoms. The molecule has 0 aliphatic carbocycles. The molecule has 1 saturated heterocycles. The molecule has 3 rings (SSSR count). The number of halogens is 2. The van der Waals surface area contributed by atoms with Crippen molar-refractivity contribution in [3.05, 3.63) is 40.1 Å². The van der Waals surface area contributed by atoms with Gasteiger partial charge in [-0.05, 0) is 44.0 Å². The molecule has 8 nitrogen and oxygen atoms in total. The summed E-state index contributed by atoms with van der Waals surface area (Å²) >= 11 is 0. The predicted octanol–water partition coefficient (Wildman–Crippen LogP) is 3.32. The summed E-state index contributed by atoms with van der Waals surface area (Å²) in [5.74, 6) is 0.506. The Bertz CT molecular complexity index is 810. The second-order valence-corrected chi connectivity index (χ2v) is 6.47. The molecule has 1 aliphatic rings. The minimum Gasteiger partial charge on any atom is -0.435 e. The molecule has 0 saturated carbocycles. The number of anilines is 2. The SMILES string of the molecule is Cc1nn(C)c(NC2CCCN(c3ccc(OC(F)F)cc3)C2)c1[N+](=O)[O-]. The van der Waals surface area contributed by atoms with E-state index in [-0.39, 0.29) is 17.5 Å². The minimum atomic E-state index is -2.85. The molecule has 1 aromatic carbocycles. The Morgan fingerprint density at radius 2 is 2.07 bits per heavy atom. The fourth-order valence-electron chi connectivity index (χ4n) is 3.39. The van der Waals surface area contributed by atoms with Crippen molar-refractivity contribution in [2.24, 2.45) is 7.05 Å². The highest BCUT2D eigenvalue weighted by Crippen LogP contribution is 2.30. The zero-order chi connectivity index (χ0) is 19.6. The number of ether oxygens (including phenoxy) is 1. The van der Waals surface area contributed by atoms with Gasteiger partial charge in [0.05, 0.1) is 4.92 Å². The number of hydrogen-bond acceptors (Lipinski definition) is 6. The van der Waals surface area contributed by atoms with Crippen molar-refractivity contribution >= 4 is 17.2 Å². The molecule has 0 bridgehead atoms. The third-order valence-corrected chi connectivity index (χ3v) is 4.56. The van der Waals surface area contributed by atoms with Gasteiger partial charge in [-0.2, -0.15) is 13.9 Å². The van der Waals surface area contributed by atoms with E-state index in [0.29, 0.717) is 18.1 Å². The van der Waals surface area contributed by atoms with Crippen LogP contribution in [0.3, 0.4) is 0 Å². The summed E-state index contributed by atoms with van der Waals surface area (Å²) in [6, 6.07) is 6.49. The Morgan fingerprint density at radius 3 is 2.70 bits per heavy atom. The van der Waals surface area contributed by atoms with Gasteiger partial charge in [-0.25, -0.2) is 4.68 Å². The molecule has 2 aromatic rings. The third-order valence-electron chi connectivity index (χ3n) is 4.56. The molecule has 2 heterocycles. The molecule has 146 valence electrons. The van der Waals surface area contributed by atoms with Crippen molar-refractivity contribution < 1.29 is 18.4 Å². The van der Waals surface area contributed by atoms with Crippen LogP contribution in [0.1, 0.15) is 18.5 Å². The lowest BCUT2D eigenvalue weighted by molar-refractivity contribution is -0.384. The van der Waals surface area contributed by atoms with Crippen LogP contribution in [0, 0.1) is 17.0 Å². The summed E-state index contributed by atoms with van der Waals surface area (Å²) in [5, 5.41) is 18.7. The van der Waals surface area contributed by atoms with Gasteiger partial charge >= 0.3 is 12.3 Å². The zero-order valence-corrected chi connectivity index (χ0v) is 15.1. The van der Waals surface area contributed by atoms with Crippen molar-refractivity contribution in [1.29, 1.82) is 0 Å². The maximum Gasteiger partial charge on any atom is 0.387 e. The summed E-state index contributed by atoms with van der Waals surface area (Å²) in [6.07, 6.45) is 1.77. The first kappa shape index (κ1) is 18.9. The van der Waals surface area contributed by atoms with E-state index in [9.17, 15) is 18.9 Å². The first-order valence-corrected chi connectivity index (χ1v) is 8.59. The van der Waals surface area contributed by atoms with Crippen molar-refractivity contribution in [3.63, 3.8) is 0 Å². The number of hydrogen-bond donors (Lipinski definition) is 1. The lowest BCUT2D eigenvalue weighted by atomic mass is 10.0. The van der Waals surface area contributed by atoms with Gasteiger partial charge in [0.25, 0.3) is 0 Å². The normalized spacial score (nSPS) is 17.2. The molecule has 1 fully saturated rings. The molecule has 0 radical (unpaired) electrons. The highest BCUT2D eigenvalue weighted by Gasteiger charge is 2.28. The molecule has 0 amide bonds. The van der Waals surface area contributed by atoms with Gasteiger partial charge in [0.1, 0.15) is 11.4 Å². The maximum atomic E-state index is 12.3. The number of nitrogens with one attached hydrogen (secondary N) is 1. The molecular weight excluding hydrogens is 360 g/mol. The Morgan fingerprint density at radius 1 is 1.37 bits per heavy atom. The molecule has 10 heteroatoms. The Kier molecular flexibility index (Phi) is 5.43. The Balaban J connectivity index is 1.71.